The van der Waals surface area contributed by atoms with E-state index in [0.717, 1.165) is 4.31 Å². The van der Waals surface area contributed by atoms with Gasteiger partial charge in [0.25, 0.3) is 10.0 Å². The van der Waals surface area contributed by atoms with Crippen molar-refractivity contribution in [2.75, 3.05) is 6.54 Å². The molecular weight excluding hydrogens is 214 g/mol. The van der Waals surface area contributed by atoms with Crippen molar-refractivity contribution < 1.29 is 8.42 Å². The Morgan fingerprint density at radius 1 is 1.33 bits per heavy atom. The van der Waals surface area contributed by atoms with Crippen LogP contribution in [0.2, 0.25) is 0 Å². The summed E-state index contributed by atoms with van der Waals surface area (Å²) in [6, 6.07) is 4.77. The average Bonchev–Trinajstić information content (AvgIpc) is 2.31. The van der Waals surface area contributed by atoms with Crippen LogP contribution in [0.3, 0.4) is 0 Å². The third-order valence-corrected chi connectivity index (χ3v) is 3.51. The van der Waals surface area contributed by atoms with E-state index >= 15 is 0 Å². The van der Waals surface area contributed by atoms with E-state index in [4.69, 9.17) is 0 Å². The summed E-state index contributed by atoms with van der Waals surface area (Å²) in [4.78, 5) is 7.57. The maximum Gasteiger partial charge on any atom is 0.282 e. The molecule has 1 aromatic heterocycles. The molecule has 1 aliphatic rings. The van der Waals surface area contributed by atoms with E-state index in [-0.39, 0.29) is 5.03 Å². The normalized spacial score (nSPS) is 15.6. The van der Waals surface area contributed by atoms with Gasteiger partial charge in [-0.3, -0.25) is 4.31 Å². The Labute approximate surface area is 87.8 Å². The van der Waals surface area contributed by atoms with Gasteiger partial charge in [0.1, 0.15) is 6.34 Å². The molecular formula is C9H9N3O2S. The fraction of sp³-hybridized carbons (Fsp3) is 0.111. The Morgan fingerprint density at radius 2 is 2.20 bits per heavy atom. The summed E-state index contributed by atoms with van der Waals surface area (Å²) >= 11 is 0. The summed E-state index contributed by atoms with van der Waals surface area (Å²) in [7, 11) is -3.54. The fourth-order valence-corrected chi connectivity index (χ4v) is 2.30. The van der Waals surface area contributed by atoms with Gasteiger partial charge in [-0.25, -0.2) is 9.98 Å². The zero-order chi connectivity index (χ0) is 10.7. The van der Waals surface area contributed by atoms with Crippen molar-refractivity contribution in [2.45, 2.75) is 5.03 Å². The number of aliphatic imine (C=N–C) groups is 1. The molecule has 0 aromatic carbocycles. The van der Waals surface area contributed by atoms with Crippen molar-refractivity contribution in [3.8, 4) is 0 Å². The third-order valence-electron chi connectivity index (χ3n) is 1.88. The van der Waals surface area contributed by atoms with E-state index < -0.39 is 10.0 Å². The molecule has 5 nitrogen and oxygen atoms in total. The number of aromatic nitrogens is 1. The predicted molar refractivity (Wildman–Crippen MR) is 55.8 cm³/mol. The Bertz CT molecular complexity index is 493. The molecule has 1 aromatic rings. The van der Waals surface area contributed by atoms with Gasteiger partial charge >= 0.3 is 0 Å². The van der Waals surface area contributed by atoms with Gasteiger partial charge in [0, 0.05) is 12.4 Å². The second kappa shape index (κ2) is 3.82. The Balaban J connectivity index is 2.36. The molecule has 2 rings (SSSR count). The van der Waals surface area contributed by atoms with Crippen LogP contribution in [0.25, 0.3) is 0 Å². The molecule has 0 fully saturated rings. The van der Waals surface area contributed by atoms with Crippen LogP contribution in [0.5, 0.6) is 0 Å². The molecule has 0 amide bonds. The molecule has 6 heteroatoms. The summed E-state index contributed by atoms with van der Waals surface area (Å²) in [6.07, 6.45) is 5.96. The van der Waals surface area contributed by atoms with Crippen LogP contribution in [0.15, 0.2) is 46.7 Å². The number of pyridine rings is 1. The number of sulfonamides is 1. The third kappa shape index (κ3) is 1.89. The summed E-state index contributed by atoms with van der Waals surface area (Å²) in [6.45, 7) is 0.294. The van der Waals surface area contributed by atoms with Crippen LogP contribution < -0.4 is 0 Å². The lowest BCUT2D eigenvalue weighted by Gasteiger charge is -2.18. The highest BCUT2D eigenvalue weighted by Gasteiger charge is 2.22. The molecule has 0 spiro atoms. The van der Waals surface area contributed by atoms with Crippen LogP contribution in [0.4, 0.5) is 0 Å². The Morgan fingerprint density at radius 3 is 2.80 bits per heavy atom. The SMILES string of the molecule is O=S(=O)(c1ccccn1)N1C=NC=CC1. The largest absolute Gasteiger partial charge is 0.282 e. The second-order valence-electron chi connectivity index (χ2n) is 2.89. The molecule has 0 radical (unpaired) electrons. The van der Waals surface area contributed by atoms with E-state index in [9.17, 15) is 8.42 Å². The summed E-state index contributed by atoms with van der Waals surface area (Å²) < 4.78 is 25.0. The lowest BCUT2D eigenvalue weighted by molar-refractivity contribution is 0.538. The standard InChI is InChI=1S/C9H9N3O2S/c13-15(14,9-4-1-2-6-11-9)12-7-3-5-10-8-12/h1-6,8H,7H2. The zero-order valence-electron chi connectivity index (χ0n) is 7.81. The van der Waals surface area contributed by atoms with Crippen molar-refractivity contribution >= 4 is 16.4 Å². The predicted octanol–water partition coefficient (Wildman–Crippen LogP) is 0.628. The average molecular weight is 223 g/mol. The molecule has 0 atom stereocenters. The van der Waals surface area contributed by atoms with Gasteiger partial charge in [0.15, 0.2) is 5.03 Å². The van der Waals surface area contributed by atoms with E-state index in [1.165, 1.54) is 18.6 Å². The lowest BCUT2D eigenvalue weighted by Crippen LogP contribution is -2.31. The molecule has 78 valence electrons. The second-order valence-corrected chi connectivity index (χ2v) is 4.73. The number of rotatable bonds is 2. The summed E-state index contributed by atoms with van der Waals surface area (Å²) in [5, 5.41) is 0.0340. The minimum Gasteiger partial charge on any atom is -0.251 e. The smallest absolute Gasteiger partial charge is 0.251 e. The molecule has 0 bridgehead atoms. The highest BCUT2D eigenvalue weighted by molar-refractivity contribution is 7.89. The minimum atomic E-state index is -3.54. The van der Waals surface area contributed by atoms with Gasteiger partial charge in [0.2, 0.25) is 0 Å². The van der Waals surface area contributed by atoms with Crippen molar-refractivity contribution in [2.24, 2.45) is 4.99 Å². The van der Waals surface area contributed by atoms with Crippen molar-refractivity contribution in [1.82, 2.24) is 9.29 Å². The molecule has 15 heavy (non-hydrogen) atoms. The highest BCUT2D eigenvalue weighted by atomic mass is 32.2. The van der Waals surface area contributed by atoms with Crippen molar-refractivity contribution in [3.05, 3.63) is 36.7 Å². The molecule has 2 heterocycles. The first-order chi connectivity index (χ1) is 7.21. The van der Waals surface area contributed by atoms with Crippen LogP contribution in [0, 0.1) is 0 Å². The first-order valence-electron chi connectivity index (χ1n) is 4.32. The van der Waals surface area contributed by atoms with Gasteiger partial charge in [-0.15, -0.1) is 0 Å². The highest BCUT2D eigenvalue weighted by Crippen LogP contribution is 2.12. The van der Waals surface area contributed by atoms with Gasteiger partial charge in [-0.05, 0) is 18.2 Å². The fourth-order valence-electron chi connectivity index (χ4n) is 1.15. The molecule has 1 aliphatic heterocycles. The monoisotopic (exact) mass is 223 g/mol. The maximum absolute atomic E-state index is 11.9. The molecule has 0 saturated carbocycles. The van der Waals surface area contributed by atoms with Gasteiger partial charge in [0.05, 0.1) is 6.54 Å². The zero-order valence-corrected chi connectivity index (χ0v) is 8.63. The van der Waals surface area contributed by atoms with E-state index in [1.807, 2.05) is 0 Å². The van der Waals surface area contributed by atoms with Gasteiger partial charge in [-0.1, -0.05) is 6.07 Å². The lowest BCUT2D eigenvalue weighted by atomic mass is 10.5. The van der Waals surface area contributed by atoms with Crippen molar-refractivity contribution in [3.63, 3.8) is 0 Å². The maximum atomic E-state index is 11.9. The Kier molecular flexibility index (Phi) is 2.51. The van der Waals surface area contributed by atoms with E-state index in [2.05, 4.69) is 9.98 Å². The van der Waals surface area contributed by atoms with Gasteiger partial charge < -0.3 is 0 Å². The molecule has 0 N–H and O–H groups in total. The van der Waals surface area contributed by atoms with Crippen molar-refractivity contribution in [1.29, 1.82) is 0 Å². The van der Waals surface area contributed by atoms with Crippen LogP contribution >= 0.6 is 0 Å². The quantitative estimate of drug-likeness (QED) is 0.738. The van der Waals surface area contributed by atoms with Crippen LogP contribution in [-0.2, 0) is 10.0 Å². The topological polar surface area (TPSA) is 62.6 Å². The van der Waals surface area contributed by atoms with Gasteiger partial charge in [-0.2, -0.15) is 8.42 Å². The summed E-state index contributed by atoms with van der Waals surface area (Å²) in [5.41, 5.74) is 0. The van der Waals surface area contributed by atoms with Crippen LogP contribution in [-0.4, -0.2) is 30.6 Å². The van der Waals surface area contributed by atoms with Crippen LogP contribution in [0.1, 0.15) is 0 Å². The first-order valence-corrected chi connectivity index (χ1v) is 5.76. The minimum absolute atomic E-state index is 0.0340. The molecule has 0 saturated heterocycles. The first kappa shape index (κ1) is 9.85. The Hall–Kier alpha value is -1.69. The molecule has 0 unspecified atom stereocenters. The number of nitrogens with zero attached hydrogens (tertiary/aromatic N) is 3. The van der Waals surface area contributed by atoms with E-state index in [0.29, 0.717) is 6.54 Å². The molecule has 0 aliphatic carbocycles. The number of hydrogen-bond donors (Lipinski definition) is 0. The van der Waals surface area contributed by atoms with E-state index in [1.54, 1.807) is 24.4 Å². The summed E-state index contributed by atoms with van der Waals surface area (Å²) in [5.74, 6) is 0. The number of hydrogen-bond acceptors (Lipinski definition) is 4.